The van der Waals surface area contributed by atoms with Gasteiger partial charge >= 0.3 is 0 Å². The van der Waals surface area contributed by atoms with E-state index in [0.717, 1.165) is 49.4 Å². The van der Waals surface area contributed by atoms with Crippen LogP contribution in [0.4, 0.5) is 5.82 Å². The third kappa shape index (κ3) is 5.68. The molecule has 0 aliphatic carbocycles. The van der Waals surface area contributed by atoms with Crippen molar-refractivity contribution in [1.29, 1.82) is 0 Å². The minimum atomic E-state index is -1.31. The molecule has 2 atom stereocenters. The van der Waals surface area contributed by atoms with Crippen molar-refractivity contribution in [3.8, 4) is 11.5 Å². The van der Waals surface area contributed by atoms with E-state index >= 15 is 0 Å². The molecule has 0 aromatic carbocycles. The lowest BCUT2D eigenvalue weighted by atomic mass is 9.86. The van der Waals surface area contributed by atoms with Crippen molar-refractivity contribution in [2.75, 3.05) is 31.1 Å². The Kier molecular flexibility index (Phi) is 7.41. The summed E-state index contributed by atoms with van der Waals surface area (Å²) in [6.45, 7) is 11.4. The number of aromatic nitrogens is 1. The van der Waals surface area contributed by atoms with E-state index in [4.69, 9.17) is 0 Å². The Morgan fingerprint density at radius 3 is 2.30 bits per heavy atom. The summed E-state index contributed by atoms with van der Waals surface area (Å²) in [5.74, 6) is 5.96. The van der Waals surface area contributed by atoms with Gasteiger partial charge in [-0.15, -0.1) is 30.4 Å². The molecule has 1 aromatic rings. The van der Waals surface area contributed by atoms with Crippen molar-refractivity contribution < 1.29 is 0 Å². The highest BCUT2D eigenvalue weighted by molar-refractivity contribution is 6.83. The molecule has 128 valence electrons. The van der Waals surface area contributed by atoms with E-state index in [0.29, 0.717) is 0 Å². The first-order chi connectivity index (χ1) is 9.99. The number of hydrogen-bond acceptors (Lipinski definition) is 3. The van der Waals surface area contributed by atoms with Crippen LogP contribution in [0.5, 0.6) is 0 Å². The molecule has 0 amide bonds. The van der Waals surface area contributed by atoms with Gasteiger partial charge in [0.1, 0.15) is 13.9 Å². The number of pyridine rings is 1. The number of halogens is 2. The monoisotopic (exact) mass is 371 g/mol. The predicted molar refractivity (Wildman–Crippen MR) is 106 cm³/mol. The van der Waals surface area contributed by atoms with Gasteiger partial charge in [-0.2, -0.15) is 0 Å². The van der Waals surface area contributed by atoms with Crippen molar-refractivity contribution >= 4 is 38.7 Å². The number of rotatable bonds is 1. The van der Waals surface area contributed by atoms with Gasteiger partial charge in [-0.1, -0.05) is 25.6 Å². The van der Waals surface area contributed by atoms with Gasteiger partial charge in [0.2, 0.25) is 0 Å². The summed E-state index contributed by atoms with van der Waals surface area (Å²) in [7, 11) is -1.31. The molecular weight excluding hydrogens is 345 g/mol. The van der Waals surface area contributed by atoms with Gasteiger partial charge in [-0.25, -0.2) is 4.98 Å². The number of anilines is 1. The summed E-state index contributed by atoms with van der Waals surface area (Å²) < 4.78 is 0. The normalized spacial score (nSPS) is 23.0. The van der Waals surface area contributed by atoms with Crippen LogP contribution in [0.15, 0.2) is 18.3 Å². The number of hydrogen-bond donors (Lipinski definition) is 1. The molecule has 0 radical (unpaired) electrons. The zero-order valence-corrected chi connectivity index (χ0v) is 16.8. The van der Waals surface area contributed by atoms with E-state index in [1.54, 1.807) is 0 Å². The first-order valence-corrected chi connectivity index (χ1v) is 11.4. The van der Waals surface area contributed by atoms with E-state index in [-0.39, 0.29) is 24.8 Å². The summed E-state index contributed by atoms with van der Waals surface area (Å²) in [6.07, 6.45) is 3.31. The topological polar surface area (TPSA) is 28.2 Å². The fraction of sp³-hybridized carbons (Fsp3) is 0.588. The number of piperidine rings is 2. The maximum absolute atomic E-state index is 4.65. The van der Waals surface area contributed by atoms with Gasteiger partial charge in [0, 0.05) is 24.8 Å². The van der Waals surface area contributed by atoms with Crippen LogP contribution in [0.25, 0.3) is 0 Å². The molecular formula is C17H27Cl2N3Si. The largest absolute Gasteiger partial charge is 0.356 e. The maximum atomic E-state index is 4.65. The van der Waals surface area contributed by atoms with Crippen LogP contribution in [-0.2, 0) is 0 Å². The number of nitrogens with one attached hydrogen (secondary N) is 1. The van der Waals surface area contributed by atoms with E-state index in [1.165, 1.54) is 6.42 Å². The Labute approximate surface area is 153 Å². The number of fused-ring (bicyclic) bond motifs is 2. The molecule has 23 heavy (non-hydrogen) atoms. The number of nitrogens with zero attached hydrogens (tertiary/aromatic N) is 2. The van der Waals surface area contributed by atoms with Crippen LogP contribution < -0.4 is 10.2 Å². The van der Waals surface area contributed by atoms with Crippen LogP contribution in [0.3, 0.4) is 0 Å². The van der Waals surface area contributed by atoms with Gasteiger partial charge in [0.05, 0.1) is 0 Å². The first kappa shape index (κ1) is 20.3. The average Bonchev–Trinajstić information content (AvgIpc) is 2.44. The molecule has 1 N–H and O–H groups in total. The Bertz CT molecular complexity index is 548. The van der Waals surface area contributed by atoms with Crippen LogP contribution in [-0.4, -0.2) is 39.2 Å². The Morgan fingerprint density at radius 2 is 1.78 bits per heavy atom. The zero-order valence-electron chi connectivity index (χ0n) is 14.1. The lowest BCUT2D eigenvalue weighted by Crippen LogP contribution is -2.51. The second kappa shape index (κ2) is 8.39. The van der Waals surface area contributed by atoms with Crippen molar-refractivity contribution in [2.24, 2.45) is 11.8 Å². The molecule has 1 aromatic heterocycles. The molecule has 2 aliphatic rings. The quantitative estimate of drug-likeness (QED) is 0.606. The fourth-order valence-electron chi connectivity index (χ4n) is 3.20. The highest BCUT2D eigenvalue weighted by Gasteiger charge is 2.30. The molecule has 2 aliphatic heterocycles. The van der Waals surface area contributed by atoms with Gasteiger partial charge in [-0.05, 0) is 43.5 Å². The Morgan fingerprint density at radius 1 is 1.13 bits per heavy atom. The average molecular weight is 372 g/mol. The fourth-order valence-corrected chi connectivity index (χ4v) is 3.72. The highest BCUT2D eigenvalue weighted by Crippen LogP contribution is 2.27. The molecule has 0 saturated carbocycles. The molecule has 2 bridgehead atoms. The van der Waals surface area contributed by atoms with Crippen LogP contribution in [0, 0.1) is 23.3 Å². The highest BCUT2D eigenvalue weighted by atomic mass is 35.5. The van der Waals surface area contributed by atoms with Crippen molar-refractivity contribution in [3.63, 3.8) is 0 Å². The van der Waals surface area contributed by atoms with Crippen molar-refractivity contribution in [1.82, 2.24) is 10.3 Å². The summed E-state index contributed by atoms with van der Waals surface area (Å²) in [4.78, 5) is 7.10. The molecule has 0 spiro atoms. The maximum Gasteiger partial charge on any atom is 0.129 e. The second-order valence-corrected chi connectivity index (χ2v) is 12.2. The molecule has 3 rings (SSSR count). The van der Waals surface area contributed by atoms with Gasteiger partial charge in [0.15, 0.2) is 0 Å². The summed E-state index contributed by atoms with van der Waals surface area (Å²) >= 11 is 0. The van der Waals surface area contributed by atoms with Gasteiger partial charge in [0.25, 0.3) is 0 Å². The second-order valence-electron chi connectivity index (χ2n) is 7.44. The lowest BCUT2D eigenvalue weighted by molar-refractivity contribution is 0.249. The molecule has 2 unspecified atom stereocenters. The smallest absolute Gasteiger partial charge is 0.129 e. The van der Waals surface area contributed by atoms with E-state index in [9.17, 15) is 0 Å². The zero-order chi connectivity index (χ0) is 14.9. The molecule has 2 saturated heterocycles. The van der Waals surface area contributed by atoms with Crippen LogP contribution in [0.1, 0.15) is 12.0 Å². The minimum Gasteiger partial charge on any atom is -0.356 e. The molecule has 3 nitrogen and oxygen atoms in total. The molecule has 6 heteroatoms. The third-order valence-electron chi connectivity index (χ3n) is 4.14. The van der Waals surface area contributed by atoms with Crippen LogP contribution >= 0.6 is 24.8 Å². The lowest BCUT2D eigenvalue weighted by Gasteiger charge is -2.42. The van der Waals surface area contributed by atoms with Crippen LogP contribution in [0.2, 0.25) is 19.6 Å². The minimum absolute atomic E-state index is 0. The Hall–Kier alpha value is -0.733. The van der Waals surface area contributed by atoms with E-state index in [2.05, 4.69) is 58.4 Å². The standard InChI is InChI=1S/C17H25N3Si.2ClH/c1-21(2,3)7-6-14-4-5-17(19-11-14)20-12-15-8-16(13-20)10-18-9-15;;/h4-5,11,15-16,18H,8-10,12-13H2,1-3H3;2*1H. The van der Waals surface area contributed by atoms with E-state index < -0.39 is 8.07 Å². The first-order valence-electron chi connectivity index (χ1n) is 7.94. The Balaban J connectivity index is 0.00000132. The van der Waals surface area contributed by atoms with Gasteiger partial charge < -0.3 is 10.2 Å². The molecule has 3 heterocycles. The summed E-state index contributed by atoms with van der Waals surface area (Å²) in [5, 5.41) is 3.54. The SMILES string of the molecule is C[Si](C)(C)C#Cc1ccc(N2CC3CNCC(C3)C2)nc1.Cl.Cl. The van der Waals surface area contributed by atoms with E-state index in [1.807, 2.05) is 6.20 Å². The third-order valence-corrected chi connectivity index (χ3v) is 5.02. The molecule has 2 fully saturated rings. The van der Waals surface area contributed by atoms with Crippen molar-refractivity contribution in [2.45, 2.75) is 26.1 Å². The van der Waals surface area contributed by atoms with Gasteiger partial charge in [-0.3, -0.25) is 0 Å². The summed E-state index contributed by atoms with van der Waals surface area (Å²) in [6, 6.07) is 4.26. The summed E-state index contributed by atoms with van der Waals surface area (Å²) in [5.41, 5.74) is 4.44. The van der Waals surface area contributed by atoms with Crippen molar-refractivity contribution in [3.05, 3.63) is 23.9 Å². The predicted octanol–water partition coefficient (Wildman–Crippen LogP) is 3.20.